The Balaban J connectivity index is 2.17. The minimum absolute atomic E-state index is 0.0101. The monoisotopic (exact) mass is 482 g/mol. The van der Waals surface area contributed by atoms with Crippen LogP contribution in [-0.4, -0.2) is 71.6 Å². The Morgan fingerprint density at radius 3 is 2.40 bits per heavy atom. The number of benzene rings is 2. The zero-order chi connectivity index (χ0) is 25.7. The fraction of sp³-hybridized carbons (Fsp3) is 0.407. The van der Waals surface area contributed by atoms with Crippen LogP contribution in [0.1, 0.15) is 43.5 Å². The summed E-state index contributed by atoms with van der Waals surface area (Å²) in [4.78, 5) is 30.1. The predicted molar refractivity (Wildman–Crippen MR) is 134 cm³/mol. The molecule has 3 rings (SSSR count). The Morgan fingerprint density at radius 2 is 1.80 bits per heavy atom. The smallest absolute Gasteiger partial charge is 0.295 e. The predicted octanol–water partition coefficient (Wildman–Crippen LogP) is 3.87. The number of likely N-dealkylation sites (tertiary alicyclic amines) is 1. The quantitative estimate of drug-likeness (QED) is 0.301. The van der Waals surface area contributed by atoms with Crippen molar-refractivity contribution < 1.29 is 29.3 Å². The van der Waals surface area contributed by atoms with Gasteiger partial charge in [-0.3, -0.25) is 9.59 Å². The summed E-state index contributed by atoms with van der Waals surface area (Å²) in [5.74, 6) is -0.823. The summed E-state index contributed by atoms with van der Waals surface area (Å²) >= 11 is 0. The van der Waals surface area contributed by atoms with Crippen molar-refractivity contribution in [1.29, 1.82) is 0 Å². The number of hydrogen-bond acceptors (Lipinski definition) is 7. The van der Waals surface area contributed by atoms with Gasteiger partial charge >= 0.3 is 0 Å². The zero-order valence-electron chi connectivity index (χ0n) is 21.0. The van der Waals surface area contributed by atoms with E-state index in [2.05, 4.69) is 4.90 Å². The van der Waals surface area contributed by atoms with Gasteiger partial charge in [0.1, 0.15) is 11.5 Å². The Kier molecular flexibility index (Phi) is 8.40. The van der Waals surface area contributed by atoms with Crippen LogP contribution in [0.4, 0.5) is 0 Å². The number of likely N-dealkylation sites (N-methyl/N-ethyl adjacent to an activating group) is 1. The first-order valence-electron chi connectivity index (χ1n) is 11.9. The lowest BCUT2D eigenvalue weighted by Crippen LogP contribution is -2.38. The third-order valence-corrected chi connectivity index (χ3v) is 6.38. The maximum Gasteiger partial charge on any atom is 0.295 e. The first-order chi connectivity index (χ1) is 16.8. The average Bonchev–Trinajstić information content (AvgIpc) is 3.10. The molecule has 188 valence electrons. The number of hydrogen-bond donors (Lipinski definition) is 2. The molecule has 8 nitrogen and oxygen atoms in total. The number of phenolic OH excluding ortho intramolecular Hbond substituents is 1. The summed E-state index contributed by atoms with van der Waals surface area (Å²) < 4.78 is 10.8. The van der Waals surface area contributed by atoms with E-state index in [1.807, 2.05) is 13.8 Å². The van der Waals surface area contributed by atoms with E-state index in [9.17, 15) is 19.8 Å². The normalized spacial score (nSPS) is 17.3. The fourth-order valence-corrected chi connectivity index (χ4v) is 4.39. The van der Waals surface area contributed by atoms with Crippen LogP contribution in [0.5, 0.6) is 17.2 Å². The first-order valence-corrected chi connectivity index (χ1v) is 11.9. The number of carbonyl (C=O) groups is 2. The van der Waals surface area contributed by atoms with E-state index < -0.39 is 17.7 Å². The summed E-state index contributed by atoms with van der Waals surface area (Å²) in [6.07, 6.45) is 0. The van der Waals surface area contributed by atoms with Gasteiger partial charge in [0.2, 0.25) is 0 Å². The highest BCUT2D eigenvalue weighted by Crippen LogP contribution is 2.42. The SMILES string of the molecule is CCOc1cc([C@@H]2/C(=C(\O)c3ccc(OC)cc3C)C(=O)C(=O)N2CCN(CC)CC)ccc1O. The van der Waals surface area contributed by atoms with E-state index in [4.69, 9.17) is 9.47 Å². The van der Waals surface area contributed by atoms with Crippen LogP contribution in [0.2, 0.25) is 0 Å². The van der Waals surface area contributed by atoms with Crippen LogP contribution in [0.15, 0.2) is 42.0 Å². The topological polar surface area (TPSA) is 99.5 Å². The molecule has 2 aromatic rings. The molecule has 1 saturated heterocycles. The van der Waals surface area contributed by atoms with Crippen molar-refractivity contribution in [3.63, 3.8) is 0 Å². The highest BCUT2D eigenvalue weighted by molar-refractivity contribution is 6.46. The number of ether oxygens (including phenoxy) is 2. The number of aliphatic hydroxyl groups excluding tert-OH is 1. The maximum absolute atomic E-state index is 13.3. The molecular weight excluding hydrogens is 448 g/mol. The van der Waals surface area contributed by atoms with E-state index in [0.717, 1.165) is 13.1 Å². The number of carbonyl (C=O) groups excluding carboxylic acids is 2. The maximum atomic E-state index is 13.3. The molecule has 1 aliphatic heterocycles. The molecule has 1 amide bonds. The molecule has 0 spiro atoms. The Morgan fingerprint density at radius 1 is 1.09 bits per heavy atom. The lowest BCUT2D eigenvalue weighted by molar-refractivity contribution is -0.140. The van der Waals surface area contributed by atoms with Crippen molar-refractivity contribution in [2.24, 2.45) is 0 Å². The third kappa shape index (κ3) is 5.27. The van der Waals surface area contributed by atoms with Crippen molar-refractivity contribution in [1.82, 2.24) is 9.80 Å². The molecule has 8 heteroatoms. The number of amides is 1. The molecular formula is C27H34N2O6. The zero-order valence-corrected chi connectivity index (χ0v) is 21.0. The number of aryl methyl sites for hydroxylation is 1. The minimum Gasteiger partial charge on any atom is -0.507 e. The fourth-order valence-electron chi connectivity index (χ4n) is 4.39. The summed E-state index contributed by atoms with van der Waals surface area (Å²) in [7, 11) is 1.55. The van der Waals surface area contributed by atoms with E-state index in [0.29, 0.717) is 42.1 Å². The van der Waals surface area contributed by atoms with Crippen LogP contribution >= 0.6 is 0 Å². The lowest BCUT2D eigenvalue weighted by Gasteiger charge is -2.28. The molecule has 2 aromatic carbocycles. The molecule has 1 atom stereocenters. The molecule has 1 heterocycles. The van der Waals surface area contributed by atoms with E-state index in [-0.39, 0.29) is 22.8 Å². The minimum atomic E-state index is -0.827. The van der Waals surface area contributed by atoms with E-state index >= 15 is 0 Å². The van der Waals surface area contributed by atoms with Gasteiger partial charge < -0.3 is 29.5 Å². The number of nitrogens with zero attached hydrogens (tertiary/aromatic N) is 2. The molecule has 0 saturated carbocycles. The molecule has 35 heavy (non-hydrogen) atoms. The van der Waals surface area contributed by atoms with Crippen LogP contribution in [0.3, 0.4) is 0 Å². The average molecular weight is 483 g/mol. The number of rotatable bonds is 10. The van der Waals surface area contributed by atoms with E-state index in [1.54, 1.807) is 51.3 Å². The van der Waals surface area contributed by atoms with Gasteiger partial charge in [0.15, 0.2) is 11.5 Å². The van der Waals surface area contributed by atoms with Gasteiger partial charge in [0, 0.05) is 18.7 Å². The van der Waals surface area contributed by atoms with Crippen LogP contribution in [0.25, 0.3) is 5.76 Å². The number of aromatic hydroxyl groups is 1. The van der Waals surface area contributed by atoms with Gasteiger partial charge in [0.25, 0.3) is 11.7 Å². The Bertz CT molecular complexity index is 1120. The van der Waals surface area contributed by atoms with Gasteiger partial charge in [-0.25, -0.2) is 0 Å². The summed E-state index contributed by atoms with van der Waals surface area (Å²) in [6, 6.07) is 9.04. The van der Waals surface area contributed by atoms with Gasteiger partial charge in [-0.2, -0.15) is 0 Å². The Hall–Kier alpha value is -3.52. The van der Waals surface area contributed by atoms with Crippen LogP contribution < -0.4 is 9.47 Å². The second kappa shape index (κ2) is 11.3. The molecule has 1 fully saturated rings. The van der Waals surface area contributed by atoms with Gasteiger partial charge in [-0.15, -0.1) is 0 Å². The van der Waals surface area contributed by atoms with Crippen molar-refractivity contribution in [3.8, 4) is 17.2 Å². The number of Topliss-reactive ketones (excluding diaryl/α,β-unsaturated/α-hetero) is 1. The van der Waals surface area contributed by atoms with Crippen molar-refractivity contribution in [2.45, 2.75) is 33.7 Å². The second-order valence-electron chi connectivity index (χ2n) is 8.36. The lowest BCUT2D eigenvalue weighted by atomic mass is 9.93. The first kappa shape index (κ1) is 26.1. The van der Waals surface area contributed by atoms with Crippen LogP contribution in [-0.2, 0) is 9.59 Å². The molecule has 0 radical (unpaired) electrons. The number of ketones is 1. The summed E-state index contributed by atoms with van der Waals surface area (Å²) in [5.41, 5.74) is 1.73. The standard InChI is InChI=1S/C27H34N2O6/c1-6-28(7-2)13-14-29-24(18-9-12-21(30)22(16-18)35-8-3)23(26(32)27(29)33)25(31)20-11-10-19(34-5)15-17(20)4/h9-12,15-16,24,30-31H,6-8,13-14H2,1-5H3/b25-23+/t24-/m1/s1. The molecule has 1 aliphatic rings. The van der Waals surface area contributed by atoms with Crippen molar-refractivity contribution in [3.05, 3.63) is 58.7 Å². The molecule has 0 aliphatic carbocycles. The number of methoxy groups -OCH3 is 1. The number of phenols is 1. The number of aliphatic hydroxyl groups is 1. The molecule has 0 unspecified atom stereocenters. The van der Waals surface area contributed by atoms with Gasteiger partial charge in [-0.05, 0) is 68.4 Å². The second-order valence-corrected chi connectivity index (χ2v) is 8.36. The highest BCUT2D eigenvalue weighted by atomic mass is 16.5. The summed E-state index contributed by atoms with van der Waals surface area (Å²) in [5, 5.41) is 21.6. The van der Waals surface area contributed by atoms with Crippen molar-refractivity contribution >= 4 is 17.4 Å². The summed E-state index contributed by atoms with van der Waals surface area (Å²) in [6.45, 7) is 10.5. The molecule has 2 N–H and O–H groups in total. The van der Waals surface area contributed by atoms with Crippen molar-refractivity contribution in [2.75, 3.05) is 39.9 Å². The van der Waals surface area contributed by atoms with E-state index in [1.165, 1.54) is 11.0 Å². The molecule has 0 bridgehead atoms. The Labute approximate surface area is 206 Å². The third-order valence-electron chi connectivity index (χ3n) is 6.38. The van der Waals surface area contributed by atoms with Gasteiger partial charge in [0.05, 0.1) is 25.3 Å². The largest absolute Gasteiger partial charge is 0.507 e. The molecule has 0 aromatic heterocycles. The highest BCUT2D eigenvalue weighted by Gasteiger charge is 2.46. The van der Waals surface area contributed by atoms with Gasteiger partial charge in [-0.1, -0.05) is 19.9 Å². The van der Waals surface area contributed by atoms with Crippen LogP contribution in [0, 0.1) is 6.92 Å².